The summed E-state index contributed by atoms with van der Waals surface area (Å²) in [6.45, 7) is 6.61. The molecule has 0 aromatic heterocycles. The van der Waals surface area contributed by atoms with Crippen LogP contribution < -0.4 is 4.74 Å². The molecule has 0 N–H and O–H groups in total. The van der Waals surface area contributed by atoms with E-state index in [4.69, 9.17) is 4.74 Å². The van der Waals surface area contributed by atoms with E-state index in [2.05, 4.69) is 32.9 Å². The monoisotopic (exact) mass is 282 g/mol. The number of hydrogen-bond donors (Lipinski definition) is 0. The highest BCUT2D eigenvalue weighted by molar-refractivity contribution is 6.09. The van der Waals surface area contributed by atoms with Crippen LogP contribution in [0.15, 0.2) is 48.5 Å². The Bertz CT molecular complexity index is 607. The summed E-state index contributed by atoms with van der Waals surface area (Å²) in [7, 11) is 1.62. The molecule has 0 aliphatic carbocycles. The third kappa shape index (κ3) is 3.33. The molecular weight excluding hydrogens is 260 g/mol. The zero-order valence-electron chi connectivity index (χ0n) is 13.1. The van der Waals surface area contributed by atoms with E-state index in [9.17, 15) is 4.79 Å². The van der Waals surface area contributed by atoms with Crippen LogP contribution in [-0.4, -0.2) is 12.9 Å². The lowest BCUT2D eigenvalue weighted by atomic mass is 9.82. The van der Waals surface area contributed by atoms with Crippen LogP contribution in [0.1, 0.15) is 48.7 Å². The van der Waals surface area contributed by atoms with E-state index in [0.29, 0.717) is 5.56 Å². The van der Waals surface area contributed by atoms with Crippen molar-refractivity contribution in [2.24, 2.45) is 0 Å². The second-order valence-corrected chi connectivity index (χ2v) is 5.87. The van der Waals surface area contributed by atoms with Crippen molar-refractivity contribution in [2.45, 2.75) is 32.6 Å². The molecule has 0 saturated heterocycles. The van der Waals surface area contributed by atoms with Crippen LogP contribution in [0.3, 0.4) is 0 Å². The van der Waals surface area contributed by atoms with Gasteiger partial charge >= 0.3 is 0 Å². The predicted molar refractivity (Wildman–Crippen MR) is 86.2 cm³/mol. The van der Waals surface area contributed by atoms with Gasteiger partial charge in [0.1, 0.15) is 5.75 Å². The molecule has 0 spiro atoms. The maximum Gasteiger partial charge on any atom is 0.193 e. The summed E-state index contributed by atoms with van der Waals surface area (Å²) in [4.78, 5) is 12.4. The largest absolute Gasteiger partial charge is 0.497 e. The zero-order valence-corrected chi connectivity index (χ0v) is 13.1. The molecule has 2 heteroatoms. The number of benzene rings is 2. The number of hydrogen-bond acceptors (Lipinski definition) is 2. The molecule has 0 bridgehead atoms. The molecule has 0 radical (unpaired) electrons. The summed E-state index contributed by atoms with van der Waals surface area (Å²) in [6.07, 6.45) is 1.07. The Morgan fingerprint density at radius 2 is 1.43 bits per heavy atom. The maximum atomic E-state index is 12.4. The van der Waals surface area contributed by atoms with Crippen LogP contribution in [0.25, 0.3) is 0 Å². The second-order valence-electron chi connectivity index (χ2n) is 5.87. The number of carbonyl (C=O) groups is 1. The lowest BCUT2D eigenvalue weighted by Crippen LogP contribution is -2.15. The molecule has 0 aliphatic rings. The molecule has 0 saturated carbocycles. The van der Waals surface area contributed by atoms with Gasteiger partial charge in [-0.1, -0.05) is 45.0 Å². The van der Waals surface area contributed by atoms with Crippen LogP contribution in [0.4, 0.5) is 0 Å². The summed E-state index contributed by atoms with van der Waals surface area (Å²) in [5, 5.41) is 0. The van der Waals surface area contributed by atoms with Crippen molar-refractivity contribution in [3.8, 4) is 5.75 Å². The molecule has 21 heavy (non-hydrogen) atoms. The van der Waals surface area contributed by atoms with E-state index in [0.717, 1.165) is 17.7 Å². The Balaban J connectivity index is 2.23. The lowest BCUT2D eigenvalue weighted by Gasteiger charge is -2.23. The molecule has 0 amide bonds. The van der Waals surface area contributed by atoms with Crippen molar-refractivity contribution in [1.82, 2.24) is 0 Å². The highest BCUT2D eigenvalue weighted by atomic mass is 16.5. The topological polar surface area (TPSA) is 26.3 Å². The summed E-state index contributed by atoms with van der Waals surface area (Å²) in [6, 6.07) is 15.2. The van der Waals surface area contributed by atoms with Crippen molar-refractivity contribution >= 4 is 5.78 Å². The van der Waals surface area contributed by atoms with Gasteiger partial charge in [-0.3, -0.25) is 4.79 Å². The highest BCUT2D eigenvalue weighted by Crippen LogP contribution is 2.27. The first-order valence-corrected chi connectivity index (χ1v) is 7.27. The van der Waals surface area contributed by atoms with Crippen LogP contribution in [-0.2, 0) is 5.41 Å². The summed E-state index contributed by atoms with van der Waals surface area (Å²) in [5.41, 5.74) is 2.80. The van der Waals surface area contributed by atoms with Crippen molar-refractivity contribution in [3.63, 3.8) is 0 Å². The van der Waals surface area contributed by atoms with E-state index in [-0.39, 0.29) is 11.2 Å². The van der Waals surface area contributed by atoms with Gasteiger partial charge in [-0.2, -0.15) is 0 Å². The predicted octanol–water partition coefficient (Wildman–Crippen LogP) is 4.61. The number of ether oxygens (including phenoxy) is 1. The van der Waals surface area contributed by atoms with Crippen LogP contribution >= 0.6 is 0 Å². The average Bonchev–Trinajstić information content (AvgIpc) is 2.54. The van der Waals surface area contributed by atoms with Crippen molar-refractivity contribution in [3.05, 3.63) is 65.2 Å². The molecule has 0 fully saturated rings. The minimum absolute atomic E-state index is 0.0403. The van der Waals surface area contributed by atoms with Crippen molar-refractivity contribution in [2.75, 3.05) is 7.11 Å². The average molecular weight is 282 g/mol. The van der Waals surface area contributed by atoms with Crippen molar-refractivity contribution in [1.29, 1.82) is 0 Å². The van der Waals surface area contributed by atoms with Gasteiger partial charge in [0, 0.05) is 11.1 Å². The normalized spacial score (nSPS) is 11.2. The number of carbonyl (C=O) groups excluding carboxylic acids is 1. The Hall–Kier alpha value is -2.09. The number of methoxy groups -OCH3 is 1. The van der Waals surface area contributed by atoms with E-state index >= 15 is 0 Å². The van der Waals surface area contributed by atoms with E-state index < -0.39 is 0 Å². The molecule has 0 heterocycles. The van der Waals surface area contributed by atoms with Crippen LogP contribution in [0.5, 0.6) is 5.75 Å². The molecular formula is C19H22O2. The molecule has 0 aliphatic heterocycles. The fourth-order valence-corrected chi connectivity index (χ4v) is 2.19. The summed E-state index contributed by atoms with van der Waals surface area (Å²) >= 11 is 0. The lowest BCUT2D eigenvalue weighted by molar-refractivity contribution is 0.103. The first kappa shape index (κ1) is 15.3. The van der Waals surface area contributed by atoms with Gasteiger partial charge < -0.3 is 4.74 Å². The molecule has 2 aromatic rings. The number of ketones is 1. The third-order valence-electron chi connectivity index (χ3n) is 4.16. The molecule has 0 atom stereocenters. The Kier molecular flexibility index (Phi) is 4.46. The zero-order chi connectivity index (χ0) is 15.5. The summed E-state index contributed by atoms with van der Waals surface area (Å²) < 4.78 is 5.11. The van der Waals surface area contributed by atoms with Gasteiger partial charge in [0.15, 0.2) is 5.78 Å². The van der Waals surface area contributed by atoms with Gasteiger partial charge in [0.25, 0.3) is 0 Å². The standard InChI is InChI=1S/C19H22O2/c1-5-19(2,3)16-10-6-14(7-11-16)18(20)15-8-12-17(21-4)13-9-15/h6-13H,5H2,1-4H3. The molecule has 2 rings (SSSR count). The fourth-order valence-electron chi connectivity index (χ4n) is 2.19. The quantitative estimate of drug-likeness (QED) is 0.748. The smallest absolute Gasteiger partial charge is 0.193 e. The van der Waals surface area contributed by atoms with Crippen LogP contribution in [0, 0.1) is 0 Å². The van der Waals surface area contributed by atoms with Gasteiger partial charge in [-0.05, 0) is 41.7 Å². The Morgan fingerprint density at radius 3 is 1.86 bits per heavy atom. The third-order valence-corrected chi connectivity index (χ3v) is 4.16. The van der Waals surface area contributed by atoms with E-state index in [1.807, 2.05) is 24.3 Å². The van der Waals surface area contributed by atoms with Crippen molar-refractivity contribution < 1.29 is 9.53 Å². The van der Waals surface area contributed by atoms with E-state index in [1.54, 1.807) is 19.2 Å². The minimum Gasteiger partial charge on any atom is -0.497 e. The molecule has 2 nitrogen and oxygen atoms in total. The van der Waals surface area contributed by atoms with Gasteiger partial charge in [-0.25, -0.2) is 0 Å². The molecule has 110 valence electrons. The Morgan fingerprint density at radius 1 is 0.952 bits per heavy atom. The maximum absolute atomic E-state index is 12.4. The van der Waals surface area contributed by atoms with E-state index in [1.165, 1.54) is 5.56 Å². The first-order valence-electron chi connectivity index (χ1n) is 7.27. The van der Waals surface area contributed by atoms with Gasteiger partial charge in [0.2, 0.25) is 0 Å². The van der Waals surface area contributed by atoms with Gasteiger partial charge in [0.05, 0.1) is 7.11 Å². The minimum atomic E-state index is 0.0403. The summed E-state index contributed by atoms with van der Waals surface area (Å²) in [5.74, 6) is 0.796. The SMILES string of the molecule is CCC(C)(C)c1ccc(C(=O)c2ccc(OC)cc2)cc1. The van der Waals surface area contributed by atoms with Crippen LogP contribution in [0.2, 0.25) is 0 Å². The second kappa shape index (κ2) is 6.13. The van der Waals surface area contributed by atoms with Gasteiger partial charge in [-0.15, -0.1) is 0 Å². The fraction of sp³-hybridized carbons (Fsp3) is 0.316. The Labute approximate surface area is 126 Å². The number of rotatable bonds is 5. The molecule has 0 unspecified atom stereocenters. The first-order chi connectivity index (χ1) is 9.97. The molecule has 2 aromatic carbocycles. The highest BCUT2D eigenvalue weighted by Gasteiger charge is 2.18.